The lowest BCUT2D eigenvalue weighted by Gasteiger charge is -2.31. The van der Waals surface area contributed by atoms with Crippen molar-refractivity contribution >= 4 is 51.8 Å². The van der Waals surface area contributed by atoms with Gasteiger partial charge in [-0.05, 0) is 30.4 Å². The van der Waals surface area contributed by atoms with Crippen molar-refractivity contribution in [1.82, 2.24) is 15.1 Å². The number of amides is 1. The molecule has 1 unspecified atom stereocenters. The zero-order valence-electron chi connectivity index (χ0n) is 15.9. The van der Waals surface area contributed by atoms with Gasteiger partial charge >= 0.3 is 0 Å². The number of carbonyl (C=O) groups excluding carboxylic acids is 1. The number of nitrogens with zero attached hydrogens (tertiary/aromatic N) is 3. The lowest BCUT2D eigenvalue weighted by atomic mass is 10.00. The SMILES string of the molecule is CN=C(NCCC(=O)N1CCCC(C)C1)N(C)Cc1ccccc1Br.I. The third-order valence-electron chi connectivity index (χ3n) is 4.57. The molecule has 1 N–H and O–H groups in total. The van der Waals surface area contributed by atoms with E-state index >= 15 is 0 Å². The predicted molar refractivity (Wildman–Crippen MR) is 122 cm³/mol. The average molecular weight is 537 g/mol. The molecule has 0 radical (unpaired) electrons. The van der Waals surface area contributed by atoms with Crippen LogP contribution in [0.5, 0.6) is 0 Å². The second-order valence-corrected chi connectivity index (χ2v) is 7.61. The second-order valence-electron chi connectivity index (χ2n) is 6.76. The minimum Gasteiger partial charge on any atom is -0.356 e. The molecular weight excluding hydrogens is 507 g/mol. The summed E-state index contributed by atoms with van der Waals surface area (Å²) in [5, 5.41) is 3.30. The second kappa shape index (κ2) is 11.8. The fourth-order valence-corrected chi connectivity index (χ4v) is 3.61. The molecule has 1 atom stereocenters. The molecule has 7 heteroatoms. The van der Waals surface area contributed by atoms with Gasteiger partial charge in [-0.2, -0.15) is 0 Å². The molecule has 1 aliphatic heterocycles. The Labute approximate surface area is 182 Å². The summed E-state index contributed by atoms with van der Waals surface area (Å²) in [5.74, 6) is 1.66. The van der Waals surface area contributed by atoms with Crippen LogP contribution in [-0.2, 0) is 11.3 Å². The van der Waals surface area contributed by atoms with E-state index in [9.17, 15) is 4.79 Å². The summed E-state index contributed by atoms with van der Waals surface area (Å²) < 4.78 is 1.09. The summed E-state index contributed by atoms with van der Waals surface area (Å²) in [6, 6.07) is 8.17. The smallest absolute Gasteiger partial charge is 0.224 e. The quantitative estimate of drug-likeness (QED) is 0.354. The molecule has 1 aromatic rings. The molecule has 1 aliphatic rings. The number of halogens is 2. The number of guanidine groups is 1. The third-order valence-corrected chi connectivity index (χ3v) is 5.34. The molecule has 1 amide bonds. The number of hydrogen-bond acceptors (Lipinski definition) is 2. The first-order chi connectivity index (χ1) is 12.0. The molecule has 1 heterocycles. The van der Waals surface area contributed by atoms with Crippen molar-refractivity contribution in [1.29, 1.82) is 0 Å². The first-order valence-corrected chi connectivity index (χ1v) is 9.73. The lowest BCUT2D eigenvalue weighted by molar-refractivity contribution is -0.132. The van der Waals surface area contributed by atoms with Crippen LogP contribution in [0.1, 0.15) is 31.7 Å². The lowest BCUT2D eigenvalue weighted by Crippen LogP contribution is -2.42. The topological polar surface area (TPSA) is 47.9 Å². The summed E-state index contributed by atoms with van der Waals surface area (Å²) in [6.07, 6.45) is 2.86. The van der Waals surface area contributed by atoms with Crippen LogP contribution >= 0.6 is 39.9 Å². The van der Waals surface area contributed by atoms with Gasteiger partial charge in [-0.15, -0.1) is 24.0 Å². The molecule has 0 bridgehead atoms. The largest absolute Gasteiger partial charge is 0.356 e. The van der Waals surface area contributed by atoms with Crippen LogP contribution in [0.3, 0.4) is 0 Å². The maximum Gasteiger partial charge on any atom is 0.224 e. The molecule has 5 nitrogen and oxygen atoms in total. The number of benzene rings is 1. The molecule has 146 valence electrons. The number of piperidine rings is 1. The predicted octanol–water partition coefficient (Wildman–Crippen LogP) is 3.72. The van der Waals surface area contributed by atoms with E-state index in [1.807, 2.05) is 30.1 Å². The van der Waals surface area contributed by atoms with Crippen molar-refractivity contribution in [3.63, 3.8) is 0 Å². The van der Waals surface area contributed by atoms with Crippen LogP contribution in [0.15, 0.2) is 33.7 Å². The van der Waals surface area contributed by atoms with Crippen molar-refractivity contribution in [2.45, 2.75) is 32.7 Å². The van der Waals surface area contributed by atoms with E-state index in [1.165, 1.54) is 12.0 Å². The Hall–Kier alpha value is -0.830. The van der Waals surface area contributed by atoms with Gasteiger partial charge in [-0.3, -0.25) is 9.79 Å². The van der Waals surface area contributed by atoms with E-state index < -0.39 is 0 Å². The molecule has 1 fully saturated rings. The van der Waals surface area contributed by atoms with Gasteiger partial charge in [0, 0.05) is 51.2 Å². The van der Waals surface area contributed by atoms with Crippen LogP contribution in [0.4, 0.5) is 0 Å². The Kier molecular flexibility index (Phi) is 10.5. The monoisotopic (exact) mass is 536 g/mol. The summed E-state index contributed by atoms with van der Waals surface area (Å²) in [4.78, 5) is 20.7. The Morgan fingerprint density at radius 2 is 2.15 bits per heavy atom. The Morgan fingerprint density at radius 1 is 1.42 bits per heavy atom. The van der Waals surface area contributed by atoms with Crippen molar-refractivity contribution in [3.05, 3.63) is 34.3 Å². The molecule has 0 saturated carbocycles. The van der Waals surface area contributed by atoms with Gasteiger partial charge in [0.2, 0.25) is 5.91 Å². The van der Waals surface area contributed by atoms with Crippen molar-refractivity contribution in [2.24, 2.45) is 10.9 Å². The maximum absolute atomic E-state index is 12.3. The summed E-state index contributed by atoms with van der Waals surface area (Å²) in [6.45, 7) is 5.38. The van der Waals surface area contributed by atoms with Crippen molar-refractivity contribution in [3.8, 4) is 0 Å². The van der Waals surface area contributed by atoms with Gasteiger partial charge in [0.25, 0.3) is 0 Å². The number of rotatable bonds is 5. The van der Waals surface area contributed by atoms with Gasteiger partial charge in [-0.1, -0.05) is 41.1 Å². The highest BCUT2D eigenvalue weighted by molar-refractivity contribution is 14.0. The van der Waals surface area contributed by atoms with Crippen molar-refractivity contribution in [2.75, 3.05) is 33.7 Å². The van der Waals surface area contributed by atoms with Gasteiger partial charge in [0.1, 0.15) is 0 Å². The third kappa shape index (κ3) is 7.06. The van der Waals surface area contributed by atoms with Crippen LogP contribution in [-0.4, -0.2) is 55.4 Å². The highest BCUT2D eigenvalue weighted by Gasteiger charge is 2.20. The van der Waals surface area contributed by atoms with Crippen LogP contribution in [0, 0.1) is 5.92 Å². The van der Waals surface area contributed by atoms with Crippen LogP contribution < -0.4 is 5.32 Å². The van der Waals surface area contributed by atoms with Gasteiger partial charge in [0.15, 0.2) is 5.96 Å². The molecular formula is C19H30BrIN4O. The first-order valence-electron chi connectivity index (χ1n) is 8.94. The molecule has 1 saturated heterocycles. The zero-order valence-corrected chi connectivity index (χ0v) is 19.8. The highest BCUT2D eigenvalue weighted by atomic mass is 127. The first kappa shape index (κ1) is 23.2. The van der Waals surface area contributed by atoms with Crippen molar-refractivity contribution < 1.29 is 4.79 Å². The Bertz CT molecular complexity index is 611. The number of aliphatic imine (C=N–C) groups is 1. The van der Waals surface area contributed by atoms with Gasteiger partial charge < -0.3 is 15.1 Å². The highest BCUT2D eigenvalue weighted by Crippen LogP contribution is 2.17. The fourth-order valence-electron chi connectivity index (χ4n) is 3.20. The number of likely N-dealkylation sites (tertiary alicyclic amines) is 1. The van der Waals surface area contributed by atoms with E-state index in [2.05, 4.69) is 44.1 Å². The van der Waals surface area contributed by atoms with Crippen LogP contribution in [0.2, 0.25) is 0 Å². The summed E-state index contributed by atoms with van der Waals surface area (Å²) in [7, 11) is 3.77. The zero-order chi connectivity index (χ0) is 18.2. The van der Waals surface area contributed by atoms with E-state index in [0.29, 0.717) is 18.9 Å². The molecule has 2 rings (SSSR count). The minimum absolute atomic E-state index is 0. The average Bonchev–Trinajstić information content (AvgIpc) is 2.60. The number of carbonyl (C=O) groups is 1. The van der Waals surface area contributed by atoms with E-state index in [1.54, 1.807) is 7.05 Å². The van der Waals surface area contributed by atoms with E-state index in [0.717, 1.165) is 36.5 Å². The Morgan fingerprint density at radius 3 is 2.81 bits per heavy atom. The standard InChI is InChI=1S/C19H29BrN4O.HI/c1-15-7-6-12-24(13-15)18(25)10-11-22-19(21-2)23(3)14-16-8-4-5-9-17(16)20;/h4-5,8-9,15H,6-7,10-14H2,1-3H3,(H,21,22);1H. The minimum atomic E-state index is 0. The van der Waals surface area contributed by atoms with Gasteiger partial charge in [0.05, 0.1) is 0 Å². The molecule has 0 aliphatic carbocycles. The Balaban J connectivity index is 0.00000338. The normalized spacial score (nSPS) is 17.5. The molecule has 0 spiro atoms. The van der Waals surface area contributed by atoms with E-state index in [-0.39, 0.29) is 29.9 Å². The van der Waals surface area contributed by atoms with E-state index in [4.69, 9.17) is 0 Å². The summed E-state index contributed by atoms with van der Waals surface area (Å²) in [5.41, 5.74) is 1.20. The molecule has 26 heavy (non-hydrogen) atoms. The van der Waals surface area contributed by atoms with Crippen LogP contribution in [0.25, 0.3) is 0 Å². The fraction of sp³-hybridized carbons (Fsp3) is 0.579. The maximum atomic E-state index is 12.3. The number of hydrogen-bond donors (Lipinski definition) is 1. The molecule has 0 aromatic heterocycles. The summed E-state index contributed by atoms with van der Waals surface area (Å²) >= 11 is 3.58. The van der Waals surface area contributed by atoms with Gasteiger partial charge in [-0.25, -0.2) is 0 Å². The molecule has 1 aromatic carbocycles. The number of nitrogens with one attached hydrogen (secondary N) is 1.